The van der Waals surface area contributed by atoms with Gasteiger partial charge in [0, 0.05) is 103 Å². The van der Waals surface area contributed by atoms with Crippen LogP contribution in [0.25, 0.3) is 22.8 Å². The summed E-state index contributed by atoms with van der Waals surface area (Å²) in [4.78, 5) is 108. The van der Waals surface area contributed by atoms with E-state index in [0.29, 0.717) is 139 Å². The van der Waals surface area contributed by atoms with Crippen LogP contribution in [0.2, 0.25) is 0 Å². The molecule has 8 aliphatic rings. The zero-order valence-electron chi connectivity index (χ0n) is 55.9. The quantitative estimate of drug-likeness (QED) is 0.0970. The molecule has 4 bridgehead atoms. The minimum Gasteiger partial charge on any atom is -0.377 e. The van der Waals surface area contributed by atoms with Crippen molar-refractivity contribution >= 4 is 70.4 Å². The Bertz CT molecular complexity index is 3680. The molecule has 500 valence electrons. The Morgan fingerprint density at radius 3 is 1.13 bits per heavy atom. The van der Waals surface area contributed by atoms with Gasteiger partial charge in [-0.05, 0) is 210 Å². The molecule has 6 amide bonds. The largest absolute Gasteiger partial charge is 0.377 e. The van der Waals surface area contributed by atoms with E-state index in [2.05, 4.69) is 88.7 Å². The second-order valence-corrected chi connectivity index (χ2v) is 27.5. The fourth-order valence-electron chi connectivity index (χ4n) is 15.6. The zero-order valence-corrected chi connectivity index (χ0v) is 55.9. The van der Waals surface area contributed by atoms with Crippen LogP contribution >= 0.6 is 0 Å². The van der Waals surface area contributed by atoms with Crippen molar-refractivity contribution in [2.45, 2.75) is 153 Å². The number of amides is 6. The van der Waals surface area contributed by atoms with E-state index in [1.54, 1.807) is 72.8 Å². The van der Waals surface area contributed by atoms with Crippen LogP contribution in [0.3, 0.4) is 0 Å². The van der Waals surface area contributed by atoms with Crippen LogP contribution in [0.4, 0.5) is 56.1 Å². The monoisotopic (exact) mass is 1290 g/mol. The Morgan fingerprint density at radius 1 is 0.432 bits per heavy atom. The third-order valence-corrected chi connectivity index (χ3v) is 21.2. The summed E-state index contributed by atoms with van der Waals surface area (Å²) in [5, 5.41) is 8.81. The fourth-order valence-corrected chi connectivity index (χ4v) is 15.6. The summed E-state index contributed by atoms with van der Waals surface area (Å²) in [6.45, 7) is 18.5. The molecule has 0 saturated carbocycles. The Kier molecular flexibility index (Phi) is 18.3. The van der Waals surface area contributed by atoms with Crippen molar-refractivity contribution in [2.24, 2.45) is 0 Å². The van der Waals surface area contributed by atoms with Gasteiger partial charge in [-0.25, -0.2) is 9.59 Å². The second-order valence-electron chi connectivity index (χ2n) is 27.5. The van der Waals surface area contributed by atoms with Crippen molar-refractivity contribution in [2.75, 3.05) is 127 Å². The van der Waals surface area contributed by atoms with E-state index in [1.807, 2.05) is 34.1 Å². The number of hydrazine groups is 1. The van der Waals surface area contributed by atoms with Gasteiger partial charge in [-0.3, -0.25) is 9.59 Å². The lowest BCUT2D eigenvalue weighted by Crippen LogP contribution is -2.54. The van der Waals surface area contributed by atoms with Gasteiger partial charge in [0.15, 0.2) is 11.6 Å². The molecule has 14 rings (SSSR count). The number of piperidine rings is 1. The summed E-state index contributed by atoms with van der Waals surface area (Å²) >= 11 is 0. The van der Waals surface area contributed by atoms with Gasteiger partial charge in [0.25, 0.3) is 11.8 Å². The standard InChI is InChI=1S/C71H90N18O6/c1-8-81-37-39-83(40-38-81)65(91)52-15-23-54(24-16-52)73-71(93)89(57-27-19-50(20-28-57)63-75-67(85-47(4)11-12-48(85)5)79-69(77-63)87-60-31-32-61(87)44-95-43-60)88(70(92)72-53-21-13-51(14-22-53)64(90)82-35-33-55(34-36-82)80(6)7)56-25-17-49(18-26-56)62-74-66(84-45(2)9-10-46(84)3)78-68(76-62)86-58-29-30-59(86)42-94-41-58/h13-28,45-48,55,58-61H,8-12,29-44H2,1-7H3,(H,72,92)(H,73,93). The number of hydrogen-bond acceptors (Lipinski definition) is 18. The van der Waals surface area contributed by atoms with Gasteiger partial charge in [0.05, 0.1) is 62.0 Å². The highest BCUT2D eigenvalue weighted by atomic mass is 16.5. The Balaban J connectivity index is 0.845. The van der Waals surface area contributed by atoms with Crippen molar-refractivity contribution in [1.29, 1.82) is 0 Å². The number of rotatable bonds is 14. The predicted molar refractivity (Wildman–Crippen MR) is 369 cm³/mol. The van der Waals surface area contributed by atoms with Crippen molar-refractivity contribution in [3.63, 3.8) is 0 Å². The van der Waals surface area contributed by atoms with Crippen molar-refractivity contribution in [1.82, 2.24) is 49.5 Å². The number of benzene rings is 4. The Labute approximate surface area is 556 Å². The van der Waals surface area contributed by atoms with Crippen LogP contribution < -0.4 is 40.3 Å². The molecule has 0 aliphatic carbocycles. The van der Waals surface area contributed by atoms with Crippen LogP contribution in [0, 0.1) is 0 Å². The number of anilines is 8. The second kappa shape index (κ2) is 27.3. The minimum absolute atomic E-state index is 0.0718. The number of nitrogens with one attached hydrogen (secondary N) is 2. The zero-order chi connectivity index (χ0) is 65.6. The number of nitrogens with zero attached hydrogens (tertiary/aromatic N) is 16. The van der Waals surface area contributed by atoms with E-state index < -0.39 is 12.1 Å². The molecule has 24 heteroatoms. The van der Waals surface area contributed by atoms with Gasteiger partial charge in [-0.2, -0.15) is 39.9 Å². The van der Waals surface area contributed by atoms with Crippen LogP contribution in [0.15, 0.2) is 97.1 Å². The number of carbonyl (C=O) groups excluding carboxylic acids is 4. The molecule has 8 aliphatic heterocycles. The first-order valence-corrected chi connectivity index (χ1v) is 34.5. The van der Waals surface area contributed by atoms with E-state index in [9.17, 15) is 9.59 Å². The van der Waals surface area contributed by atoms with Crippen molar-refractivity contribution in [3.05, 3.63) is 108 Å². The molecular weight excluding hydrogens is 1200 g/mol. The molecule has 8 saturated heterocycles. The molecule has 2 aromatic heterocycles. The minimum atomic E-state index is -0.684. The van der Waals surface area contributed by atoms with Crippen LogP contribution in [0.5, 0.6) is 0 Å². The summed E-state index contributed by atoms with van der Waals surface area (Å²) in [6.07, 6.45) is 9.81. The summed E-state index contributed by atoms with van der Waals surface area (Å²) in [5.74, 6) is 3.30. The third kappa shape index (κ3) is 13.1. The number of ether oxygens (including phenoxy) is 2. The Morgan fingerprint density at radius 2 is 0.779 bits per heavy atom. The molecule has 4 aromatic carbocycles. The molecule has 0 spiro atoms. The average molecular weight is 1290 g/mol. The molecule has 6 aromatic rings. The molecule has 10 heterocycles. The van der Waals surface area contributed by atoms with Gasteiger partial charge in [0.1, 0.15) is 0 Å². The first-order chi connectivity index (χ1) is 46.1. The van der Waals surface area contributed by atoms with E-state index in [1.165, 1.54) is 10.0 Å². The summed E-state index contributed by atoms with van der Waals surface area (Å²) in [7, 11) is 4.15. The fraction of sp³-hybridized carbons (Fsp3) is 0.521. The summed E-state index contributed by atoms with van der Waals surface area (Å²) in [6, 6.07) is 29.0. The predicted octanol–water partition coefficient (Wildman–Crippen LogP) is 9.52. The first kappa shape index (κ1) is 63.8. The van der Waals surface area contributed by atoms with E-state index in [-0.39, 0.29) is 60.1 Å². The normalized spacial score (nSPS) is 24.6. The summed E-state index contributed by atoms with van der Waals surface area (Å²) in [5.41, 5.74) is 3.83. The maximum atomic E-state index is 15.8. The smallest absolute Gasteiger partial charge is 0.345 e. The maximum absolute atomic E-state index is 15.8. The molecule has 8 unspecified atom stereocenters. The average Bonchev–Trinajstić information content (AvgIpc) is 1.77. The van der Waals surface area contributed by atoms with Gasteiger partial charge < -0.3 is 59.3 Å². The number of likely N-dealkylation sites (tertiary alicyclic amines) is 1. The van der Waals surface area contributed by atoms with Crippen LogP contribution in [0.1, 0.15) is 120 Å². The van der Waals surface area contributed by atoms with E-state index in [0.717, 1.165) is 83.8 Å². The topological polar surface area (TPSA) is 221 Å². The molecule has 24 nitrogen and oxygen atoms in total. The van der Waals surface area contributed by atoms with Crippen molar-refractivity contribution < 1.29 is 28.7 Å². The van der Waals surface area contributed by atoms with Gasteiger partial charge >= 0.3 is 12.1 Å². The number of urea groups is 2. The number of fused-ring (bicyclic) bond motifs is 4. The van der Waals surface area contributed by atoms with Crippen molar-refractivity contribution in [3.8, 4) is 22.8 Å². The number of morpholine rings is 2. The lowest BCUT2D eigenvalue weighted by atomic mass is 10.0. The lowest BCUT2D eigenvalue weighted by Gasteiger charge is -2.36. The molecule has 95 heavy (non-hydrogen) atoms. The molecular formula is C71H90N18O6. The highest BCUT2D eigenvalue weighted by Gasteiger charge is 2.43. The lowest BCUT2D eigenvalue weighted by molar-refractivity contribution is 0.0641. The number of piperazine rings is 1. The highest BCUT2D eigenvalue weighted by Crippen LogP contribution is 2.39. The number of likely N-dealkylation sites (N-methyl/N-ethyl adjacent to an activating group) is 1. The molecule has 8 atom stereocenters. The molecule has 0 radical (unpaired) electrons. The van der Waals surface area contributed by atoms with E-state index in [4.69, 9.17) is 39.4 Å². The van der Waals surface area contributed by atoms with E-state index >= 15 is 9.59 Å². The van der Waals surface area contributed by atoms with Gasteiger partial charge in [0.2, 0.25) is 23.8 Å². The SMILES string of the molecule is CCN1CCN(C(=O)c2ccc(NC(=O)N(c3ccc(-c4nc(N5C(C)CCC5C)nc(N5C6CCC5COC6)n4)cc3)N(C(=O)Nc3ccc(C(=O)N4CCC(N(C)C)CC4)cc3)c3ccc(-c4nc(N5C(C)CCC5C)nc(N5C6CCC5COC6)n4)cc3)cc2)CC1. The third-order valence-electron chi connectivity index (χ3n) is 21.2. The summed E-state index contributed by atoms with van der Waals surface area (Å²) < 4.78 is 12.0. The Hall–Kier alpha value is -8.58. The molecule has 2 N–H and O–H groups in total. The number of carbonyl (C=O) groups is 4. The first-order valence-electron chi connectivity index (χ1n) is 34.5. The van der Waals surface area contributed by atoms with Crippen LogP contribution in [-0.2, 0) is 9.47 Å². The number of hydrogen-bond donors (Lipinski definition) is 2. The highest BCUT2D eigenvalue weighted by molar-refractivity contribution is 6.13. The molecule has 8 fully saturated rings. The van der Waals surface area contributed by atoms with Crippen LogP contribution in [-0.4, -0.2) is 214 Å². The van der Waals surface area contributed by atoms with Gasteiger partial charge in [-0.1, -0.05) is 6.92 Å². The van der Waals surface area contributed by atoms with Gasteiger partial charge in [-0.15, -0.1) is 0 Å². The maximum Gasteiger partial charge on any atom is 0.345 e. The number of aromatic nitrogens is 6.